The van der Waals surface area contributed by atoms with E-state index < -0.39 is 11.9 Å². The van der Waals surface area contributed by atoms with Crippen molar-refractivity contribution < 1.29 is 9.53 Å². The van der Waals surface area contributed by atoms with Gasteiger partial charge in [-0.05, 0) is 30.4 Å². The van der Waals surface area contributed by atoms with Crippen LogP contribution in [-0.2, 0) is 9.53 Å². The van der Waals surface area contributed by atoms with Gasteiger partial charge in [0.1, 0.15) is 12.3 Å². The van der Waals surface area contributed by atoms with E-state index in [1.54, 1.807) is 0 Å². The Labute approximate surface area is 159 Å². The smallest absolute Gasteiger partial charge is 0.330 e. The number of nitrogens with zero attached hydrogens (tertiary/aromatic N) is 4. The van der Waals surface area contributed by atoms with Crippen LogP contribution >= 0.6 is 0 Å². The third kappa shape index (κ3) is 4.08. The zero-order chi connectivity index (χ0) is 19.4. The predicted molar refractivity (Wildman–Crippen MR) is 104 cm³/mol. The molecule has 1 aromatic carbocycles. The fourth-order valence-electron chi connectivity index (χ4n) is 3.72. The first-order valence-corrected chi connectivity index (χ1v) is 9.22. The topological polar surface area (TPSA) is 79.1 Å². The van der Waals surface area contributed by atoms with Gasteiger partial charge >= 0.3 is 5.97 Å². The fourth-order valence-corrected chi connectivity index (χ4v) is 3.72. The van der Waals surface area contributed by atoms with Crippen molar-refractivity contribution >= 4 is 22.8 Å². The Hall–Kier alpha value is -2.94. The summed E-state index contributed by atoms with van der Waals surface area (Å²) in [5.74, 6) is -0.133. The van der Waals surface area contributed by atoms with Crippen molar-refractivity contribution in [3.8, 4) is 6.07 Å². The van der Waals surface area contributed by atoms with Gasteiger partial charge in [-0.15, -0.1) is 0 Å². The summed E-state index contributed by atoms with van der Waals surface area (Å²) >= 11 is 0. The number of hydrogen-bond acceptors (Lipinski definition) is 6. The molecular formula is C21H24N4O2. The van der Waals surface area contributed by atoms with E-state index in [0.29, 0.717) is 28.9 Å². The van der Waals surface area contributed by atoms with E-state index in [0.717, 1.165) is 25.0 Å². The van der Waals surface area contributed by atoms with Crippen molar-refractivity contribution in [2.24, 2.45) is 11.8 Å². The van der Waals surface area contributed by atoms with Gasteiger partial charge in [0.25, 0.3) is 0 Å². The predicted octanol–water partition coefficient (Wildman–Crippen LogP) is 3.45. The van der Waals surface area contributed by atoms with Crippen LogP contribution in [0.15, 0.2) is 36.9 Å². The van der Waals surface area contributed by atoms with Crippen LogP contribution in [-0.4, -0.2) is 35.6 Å². The summed E-state index contributed by atoms with van der Waals surface area (Å²) < 4.78 is 5.13. The molecule has 1 aromatic heterocycles. The number of aromatic nitrogens is 2. The average molecular weight is 364 g/mol. The highest BCUT2D eigenvalue weighted by molar-refractivity contribution is 5.85. The summed E-state index contributed by atoms with van der Waals surface area (Å²) in [5.41, 5.74) is 1.77. The molecule has 0 spiro atoms. The maximum Gasteiger partial charge on any atom is 0.330 e. The molecule has 2 aromatic rings. The molecule has 140 valence electrons. The van der Waals surface area contributed by atoms with Crippen LogP contribution < -0.4 is 4.90 Å². The molecule has 0 radical (unpaired) electrons. The molecule has 2 heterocycles. The summed E-state index contributed by atoms with van der Waals surface area (Å²) in [5, 5.41) is 9.69. The standard InChI is InChI=1S/C21H24N4O2/c1-4-9-27-21(26)16(11-22)19-20(25-12-14(2)10-15(3)13-25)24-18-8-6-5-7-17(18)23-19/h4-8,14-16H,1,9-10,12-13H2,2-3H3/t14-,15+,16-/m1/s1. The maximum atomic E-state index is 12.5. The number of para-hydroxylation sites is 2. The third-order valence-corrected chi connectivity index (χ3v) is 4.73. The molecule has 1 fully saturated rings. The number of esters is 1. The van der Waals surface area contributed by atoms with E-state index in [4.69, 9.17) is 9.72 Å². The second-order valence-corrected chi connectivity index (χ2v) is 7.25. The number of benzene rings is 1. The van der Waals surface area contributed by atoms with Gasteiger partial charge < -0.3 is 9.64 Å². The van der Waals surface area contributed by atoms with Crippen LogP contribution in [0.5, 0.6) is 0 Å². The van der Waals surface area contributed by atoms with E-state index in [2.05, 4.69) is 36.4 Å². The number of rotatable bonds is 5. The van der Waals surface area contributed by atoms with E-state index >= 15 is 0 Å². The van der Waals surface area contributed by atoms with Crippen LogP contribution in [0.1, 0.15) is 31.9 Å². The molecule has 3 rings (SSSR count). The van der Waals surface area contributed by atoms with E-state index in [1.165, 1.54) is 6.08 Å². The minimum Gasteiger partial charge on any atom is -0.460 e. The lowest BCUT2D eigenvalue weighted by Gasteiger charge is -2.36. The second-order valence-electron chi connectivity index (χ2n) is 7.25. The average Bonchev–Trinajstić information content (AvgIpc) is 2.65. The van der Waals surface area contributed by atoms with Crippen LogP contribution in [0.3, 0.4) is 0 Å². The van der Waals surface area contributed by atoms with E-state index in [-0.39, 0.29) is 6.61 Å². The van der Waals surface area contributed by atoms with E-state index in [9.17, 15) is 10.1 Å². The molecule has 1 aliphatic heterocycles. The van der Waals surface area contributed by atoms with Crippen molar-refractivity contribution in [3.63, 3.8) is 0 Å². The van der Waals surface area contributed by atoms with Crippen molar-refractivity contribution in [2.45, 2.75) is 26.2 Å². The molecule has 0 amide bonds. The van der Waals surface area contributed by atoms with Gasteiger partial charge in [-0.3, -0.25) is 4.79 Å². The van der Waals surface area contributed by atoms with Crippen LogP contribution in [0, 0.1) is 23.2 Å². The first kappa shape index (κ1) is 18.8. The van der Waals surface area contributed by atoms with Gasteiger partial charge in [0, 0.05) is 13.1 Å². The number of hydrogen-bond donors (Lipinski definition) is 0. The highest BCUT2D eigenvalue weighted by Gasteiger charge is 2.32. The van der Waals surface area contributed by atoms with Crippen molar-refractivity contribution in [3.05, 3.63) is 42.6 Å². The first-order valence-electron chi connectivity index (χ1n) is 9.22. The van der Waals surface area contributed by atoms with Crippen molar-refractivity contribution in [2.75, 3.05) is 24.6 Å². The molecule has 0 N–H and O–H groups in total. The number of anilines is 1. The summed E-state index contributed by atoms with van der Waals surface area (Å²) in [6.07, 6.45) is 2.63. The molecule has 0 bridgehead atoms. The minimum atomic E-state index is -1.12. The maximum absolute atomic E-state index is 12.5. The fraction of sp³-hybridized carbons (Fsp3) is 0.429. The normalized spacial score (nSPS) is 20.7. The minimum absolute atomic E-state index is 0.0607. The zero-order valence-electron chi connectivity index (χ0n) is 15.8. The number of carbonyl (C=O) groups excluding carboxylic acids is 1. The molecule has 0 unspecified atom stereocenters. The van der Waals surface area contributed by atoms with Gasteiger partial charge in [0.2, 0.25) is 0 Å². The zero-order valence-corrected chi connectivity index (χ0v) is 15.8. The second kappa shape index (κ2) is 8.17. The van der Waals surface area contributed by atoms with Crippen molar-refractivity contribution in [1.82, 2.24) is 9.97 Å². The Morgan fingerprint density at radius 2 is 1.96 bits per heavy atom. The molecule has 0 aliphatic carbocycles. The Bertz CT molecular complexity index is 879. The highest BCUT2D eigenvalue weighted by Crippen LogP contribution is 2.32. The van der Waals surface area contributed by atoms with Gasteiger partial charge in [-0.2, -0.15) is 5.26 Å². The molecule has 1 aliphatic rings. The Balaban J connectivity index is 2.09. The largest absolute Gasteiger partial charge is 0.460 e. The van der Waals surface area contributed by atoms with Crippen LogP contribution in [0.2, 0.25) is 0 Å². The van der Waals surface area contributed by atoms with E-state index in [1.807, 2.05) is 24.3 Å². The summed E-state index contributed by atoms with van der Waals surface area (Å²) in [7, 11) is 0. The Morgan fingerprint density at radius 3 is 2.56 bits per heavy atom. The van der Waals surface area contributed by atoms with Gasteiger partial charge in [0.05, 0.1) is 17.1 Å². The van der Waals surface area contributed by atoms with Gasteiger partial charge in [-0.1, -0.05) is 38.6 Å². The first-order chi connectivity index (χ1) is 13.0. The molecule has 0 saturated carbocycles. The lowest BCUT2D eigenvalue weighted by atomic mass is 9.91. The summed E-state index contributed by atoms with van der Waals surface area (Å²) in [4.78, 5) is 24.0. The van der Waals surface area contributed by atoms with Crippen molar-refractivity contribution in [1.29, 1.82) is 5.26 Å². The Kier molecular flexibility index (Phi) is 5.70. The SMILES string of the molecule is C=CCOC(=O)[C@H](C#N)c1nc2ccccc2nc1N1C[C@H](C)C[C@H](C)C1. The quantitative estimate of drug-likeness (QED) is 0.597. The highest BCUT2D eigenvalue weighted by atomic mass is 16.5. The summed E-state index contributed by atoms with van der Waals surface area (Å²) in [6, 6.07) is 9.55. The monoisotopic (exact) mass is 364 g/mol. The number of carbonyl (C=O) groups is 1. The molecule has 27 heavy (non-hydrogen) atoms. The van der Waals surface area contributed by atoms with Gasteiger partial charge in [-0.25, -0.2) is 9.97 Å². The molecule has 3 atom stereocenters. The van der Waals surface area contributed by atoms with Crippen LogP contribution in [0.25, 0.3) is 11.0 Å². The summed E-state index contributed by atoms with van der Waals surface area (Å²) in [6.45, 7) is 9.66. The molecule has 6 heteroatoms. The number of piperidine rings is 1. The Morgan fingerprint density at radius 1 is 1.33 bits per heavy atom. The van der Waals surface area contributed by atoms with Crippen LogP contribution in [0.4, 0.5) is 5.82 Å². The number of ether oxygens (including phenoxy) is 1. The third-order valence-electron chi connectivity index (χ3n) is 4.73. The molecular weight excluding hydrogens is 340 g/mol. The molecule has 1 saturated heterocycles. The molecule has 6 nitrogen and oxygen atoms in total. The lowest BCUT2D eigenvalue weighted by Crippen LogP contribution is -2.40. The number of nitriles is 1. The lowest BCUT2D eigenvalue weighted by molar-refractivity contribution is -0.142. The van der Waals surface area contributed by atoms with Gasteiger partial charge in [0.15, 0.2) is 11.7 Å². The number of fused-ring (bicyclic) bond motifs is 1.